The minimum Gasteiger partial charge on any atom is -0.380 e. The van der Waals surface area contributed by atoms with E-state index in [4.69, 9.17) is 4.74 Å². The fraction of sp³-hybridized carbons (Fsp3) is 1.00. The van der Waals surface area contributed by atoms with Crippen LogP contribution in [0.15, 0.2) is 0 Å². The first-order chi connectivity index (χ1) is 8.10. The molecular formula is C13H27N3O. The average Bonchev–Trinajstić information content (AvgIpc) is 2.73. The van der Waals surface area contributed by atoms with Crippen LogP contribution in [0, 0.1) is 0 Å². The zero-order valence-corrected chi connectivity index (χ0v) is 11.6. The molecule has 0 radical (unpaired) electrons. The molecule has 100 valence electrons. The number of nitrogens with one attached hydrogen (secondary N) is 1. The summed E-state index contributed by atoms with van der Waals surface area (Å²) in [5, 5.41) is 3.57. The van der Waals surface area contributed by atoms with Gasteiger partial charge in [-0.15, -0.1) is 0 Å². The van der Waals surface area contributed by atoms with Crippen molar-refractivity contribution in [3.8, 4) is 0 Å². The van der Waals surface area contributed by atoms with E-state index in [2.05, 4.69) is 36.0 Å². The molecule has 0 aliphatic carbocycles. The first kappa shape index (κ1) is 13.3. The number of likely N-dealkylation sites (N-methyl/N-ethyl adjacent to an activating group) is 1. The van der Waals surface area contributed by atoms with Gasteiger partial charge in [-0.05, 0) is 27.3 Å². The van der Waals surface area contributed by atoms with Crippen LogP contribution in [0.25, 0.3) is 0 Å². The van der Waals surface area contributed by atoms with Crippen molar-refractivity contribution >= 4 is 0 Å². The quantitative estimate of drug-likeness (QED) is 0.773. The zero-order valence-electron chi connectivity index (χ0n) is 11.6. The molecule has 1 N–H and O–H groups in total. The van der Waals surface area contributed by atoms with E-state index in [-0.39, 0.29) is 0 Å². The molecule has 0 aromatic heterocycles. The van der Waals surface area contributed by atoms with Gasteiger partial charge in [-0.25, -0.2) is 0 Å². The molecular weight excluding hydrogens is 214 g/mol. The third-order valence-electron chi connectivity index (χ3n) is 4.43. The monoisotopic (exact) mass is 241 g/mol. The minimum atomic E-state index is 0.419. The molecule has 4 unspecified atom stereocenters. The van der Waals surface area contributed by atoms with Crippen LogP contribution in [0.5, 0.6) is 0 Å². The van der Waals surface area contributed by atoms with E-state index < -0.39 is 0 Å². The van der Waals surface area contributed by atoms with Gasteiger partial charge in [-0.3, -0.25) is 9.80 Å². The average molecular weight is 241 g/mol. The van der Waals surface area contributed by atoms with Crippen LogP contribution in [0.3, 0.4) is 0 Å². The molecule has 4 nitrogen and oxygen atoms in total. The van der Waals surface area contributed by atoms with E-state index >= 15 is 0 Å². The highest BCUT2D eigenvalue weighted by atomic mass is 16.5. The van der Waals surface area contributed by atoms with Crippen molar-refractivity contribution in [2.75, 3.05) is 40.3 Å². The summed E-state index contributed by atoms with van der Waals surface area (Å²) in [4.78, 5) is 5.08. The molecule has 17 heavy (non-hydrogen) atoms. The highest BCUT2D eigenvalue weighted by molar-refractivity contribution is 4.89. The summed E-state index contributed by atoms with van der Waals surface area (Å²) in [5.41, 5.74) is 0. The Kier molecular flexibility index (Phi) is 4.42. The molecule has 2 rings (SSSR count). The molecule has 4 heteroatoms. The van der Waals surface area contributed by atoms with Crippen molar-refractivity contribution in [2.24, 2.45) is 0 Å². The second-order valence-electron chi connectivity index (χ2n) is 5.78. The standard InChI is InChI=1S/C13H27N3O/c1-10-7-16(8-11(2)15(10)3)9-12-5-13(17-4)6-14-12/h10-14H,5-9H2,1-4H3. The SMILES string of the molecule is COC1CNC(CN2CC(C)N(C)C(C)C2)C1. The van der Waals surface area contributed by atoms with Gasteiger partial charge >= 0.3 is 0 Å². The van der Waals surface area contributed by atoms with Crippen LogP contribution in [0.4, 0.5) is 0 Å². The van der Waals surface area contributed by atoms with E-state index in [1.807, 2.05) is 7.11 Å². The van der Waals surface area contributed by atoms with Crippen molar-refractivity contribution in [3.05, 3.63) is 0 Å². The Labute approximate surface area is 105 Å². The summed E-state index contributed by atoms with van der Waals surface area (Å²) in [6, 6.07) is 1.94. The molecule has 2 saturated heterocycles. The van der Waals surface area contributed by atoms with Gasteiger partial charge in [0.25, 0.3) is 0 Å². The lowest BCUT2D eigenvalue weighted by Crippen LogP contribution is -2.56. The van der Waals surface area contributed by atoms with Crippen LogP contribution in [0.1, 0.15) is 20.3 Å². The first-order valence-corrected chi connectivity index (χ1v) is 6.80. The number of hydrogen-bond donors (Lipinski definition) is 1. The van der Waals surface area contributed by atoms with Crippen LogP contribution in [-0.2, 0) is 4.74 Å². The Hall–Kier alpha value is -0.160. The molecule has 0 saturated carbocycles. The lowest BCUT2D eigenvalue weighted by Gasteiger charge is -2.43. The molecule has 2 fully saturated rings. The van der Waals surface area contributed by atoms with Crippen LogP contribution < -0.4 is 5.32 Å². The molecule has 2 aliphatic heterocycles. The van der Waals surface area contributed by atoms with Gasteiger partial charge in [0.2, 0.25) is 0 Å². The van der Waals surface area contributed by atoms with Gasteiger partial charge in [0.1, 0.15) is 0 Å². The summed E-state index contributed by atoms with van der Waals surface area (Å²) in [6.07, 6.45) is 1.58. The molecule has 0 bridgehead atoms. The molecule has 2 heterocycles. The van der Waals surface area contributed by atoms with Crippen molar-refractivity contribution < 1.29 is 4.74 Å². The third-order valence-corrected chi connectivity index (χ3v) is 4.43. The number of methoxy groups -OCH3 is 1. The summed E-state index contributed by atoms with van der Waals surface area (Å²) >= 11 is 0. The smallest absolute Gasteiger partial charge is 0.0711 e. The van der Waals surface area contributed by atoms with Crippen molar-refractivity contribution in [1.29, 1.82) is 0 Å². The zero-order chi connectivity index (χ0) is 12.4. The van der Waals surface area contributed by atoms with E-state index in [9.17, 15) is 0 Å². The molecule has 0 aromatic rings. The minimum absolute atomic E-state index is 0.419. The van der Waals surface area contributed by atoms with E-state index in [1.165, 1.54) is 19.6 Å². The number of piperazine rings is 1. The lowest BCUT2D eigenvalue weighted by atomic mass is 10.1. The fourth-order valence-corrected chi connectivity index (χ4v) is 3.08. The largest absolute Gasteiger partial charge is 0.380 e. The van der Waals surface area contributed by atoms with Crippen LogP contribution >= 0.6 is 0 Å². The lowest BCUT2D eigenvalue weighted by molar-refractivity contribution is 0.0538. The third kappa shape index (κ3) is 3.19. The molecule has 2 aliphatic rings. The molecule has 0 aromatic carbocycles. The fourth-order valence-electron chi connectivity index (χ4n) is 3.08. The maximum Gasteiger partial charge on any atom is 0.0711 e. The Morgan fingerprint density at radius 1 is 1.24 bits per heavy atom. The van der Waals surface area contributed by atoms with Gasteiger partial charge < -0.3 is 10.1 Å². The van der Waals surface area contributed by atoms with Gasteiger partial charge in [0.15, 0.2) is 0 Å². The maximum atomic E-state index is 5.40. The van der Waals surface area contributed by atoms with Crippen molar-refractivity contribution in [3.63, 3.8) is 0 Å². The second-order valence-corrected chi connectivity index (χ2v) is 5.78. The predicted octanol–water partition coefficient (Wildman–Crippen LogP) is 0.388. The summed E-state index contributed by atoms with van der Waals surface area (Å²) in [5.74, 6) is 0. The van der Waals surface area contributed by atoms with Crippen molar-refractivity contribution in [1.82, 2.24) is 15.1 Å². The number of rotatable bonds is 3. The van der Waals surface area contributed by atoms with Crippen molar-refractivity contribution in [2.45, 2.75) is 44.5 Å². The van der Waals surface area contributed by atoms with E-state index in [0.29, 0.717) is 24.2 Å². The van der Waals surface area contributed by atoms with Gasteiger partial charge in [-0.1, -0.05) is 0 Å². The van der Waals surface area contributed by atoms with Gasteiger partial charge in [0.05, 0.1) is 6.10 Å². The van der Waals surface area contributed by atoms with Crippen LogP contribution in [0.2, 0.25) is 0 Å². The highest BCUT2D eigenvalue weighted by Crippen LogP contribution is 2.16. The summed E-state index contributed by atoms with van der Waals surface area (Å²) in [7, 11) is 4.05. The van der Waals surface area contributed by atoms with Gasteiger partial charge in [-0.2, -0.15) is 0 Å². The van der Waals surface area contributed by atoms with Crippen LogP contribution in [-0.4, -0.2) is 74.4 Å². The summed E-state index contributed by atoms with van der Waals surface area (Å²) < 4.78 is 5.40. The number of ether oxygens (including phenoxy) is 1. The van der Waals surface area contributed by atoms with E-state index in [1.54, 1.807) is 0 Å². The van der Waals surface area contributed by atoms with Gasteiger partial charge in [0, 0.05) is 51.4 Å². The first-order valence-electron chi connectivity index (χ1n) is 6.80. The molecule has 0 spiro atoms. The molecule has 0 amide bonds. The topological polar surface area (TPSA) is 27.7 Å². The summed E-state index contributed by atoms with van der Waals surface area (Å²) in [6.45, 7) is 9.21. The molecule has 4 atom stereocenters. The predicted molar refractivity (Wildman–Crippen MR) is 70.3 cm³/mol. The Balaban J connectivity index is 1.80. The number of hydrogen-bond acceptors (Lipinski definition) is 4. The second kappa shape index (κ2) is 5.65. The number of nitrogens with zero attached hydrogens (tertiary/aromatic N) is 2. The normalized spacial score (nSPS) is 40.9. The Morgan fingerprint density at radius 3 is 2.41 bits per heavy atom. The Morgan fingerprint density at radius 2 is 1.88 bits per heavy atom. The highest BCUT2D eigenvalue weighted by Gasteiger charge is 2.30. The Bertz CT molecular complexity index is 237. The maximum absolute atomic E-state index is 5.40. The van der Waals surface area contributed by atoms with E-state index in [0.717, 1.165) is 13.0 Å².